The first-order chi connectivity index (χ1) is 19.2. The van der Waals surface area contributed by atoms with E-state index < -0.39 is 22.2 Å². The average molecular weight is 566 g/mol. The smallest absolute Gasteiger partial charge is 0.256 e. The van der Waals surface area contributed by atoms with E-state index in [1.54, 1.807) is 18.5 Å². The number of aliphatic hydroxyl groups is 2. The Labute approximate surface area is 232 Å². The highest BCUT2D eigenvalue weighted by molar-refractivity contribution is 7.90. The third kappa shape index (κ3) is 5.40. The van der Waals surface area contributed by atoms with Crippen LogP contribution in [0.4, 0.5) is 17.3 Å². The van der Waals surface area contributed by atoms with Crippen molar-refractivity contribution in [3.8, 4) is 23.2 Å². The molecule has 3 N–H and O–H groups in total. The number of piperidine rings is 1. The lowest BCUT2D eigenvalue weighted by Gasteiger charge is -2.39. The van der Waals surface area contributed by atoms with Gasteiger partial charge < -0.3 is 25.2 Å². The van der Waals surface area contributed by atoms with Gasteiger partial charge in [-0.25, -0.2) is 23.4 Å². The molecule has 0 aromatic carbocycles. The van der Waals surface area contributed by atoms with E-state index in [4.69, 9.17) is 4.74 Å². The molecular formula is C27H31N7O5S. The maximum absolute atomic E-state index is 12.5. The Morgan fingerprint density at radius 3 is 2.67 bits per heavy atom. The van der Waals surface area contributed by atoms with Crippen LogP contribution in [0.2, 0.25) is 0 Å². The molecule has 2 unspecified atom stereocenters. The molecule has 6 rings (SSSR count). The summed E-state index contributed by atoms with van der Waals surface area (Å²) < 4.78 is 31.3. The van der Waals surface area contributed by atoms with Crippen LogP contribution < -0.4 is 10.2 Å². The molecule has 2 aliphatic heterocycles. The van der Waals surface area contributed by atoms with E-state index in [0.717, 1.165) is 35.7 Å². The van der Waals surface area contributed by atoms with Gasteiger partial charge in [-0.2, -0.15) is 9.19 Å². The molecule has 3 aliphatic rings. The average Bonchev–Trinajstić information content (AvgIpc) is 3.70. The van der Waals surface area contributed by atoms with Crippen molar-refractivity contribution in [3.05, 3.63) is 42.5 Å². The summed E-state index contributed by atoms with van der Waals surface area (Å²) in [4.78, 5) is 15.6. The lowest BCUT2D eigenvalue weighted by Crippen LogP contribution is -2.43. The third-order valence-corrected chi connectivity index (χ3v) is 9.69. The number of nitrogens with zero attached hydrogens (tertiary/aromatic N) is 6. The van der Waals surface area contributed by atoms with Crippen LogP contribution in [-0.4, -0.2) is 86.5 Å². The maximum atomic E-state index is 12.5. The van der Waals surface area contributed by atoms with Gasteiger partial charge >= 0.3 is 0 Å². The summed E-state index contributed by atoms with van der Waals surface area (Å²) in [5.41, 5.74) is 1.99. The summed E-state index contributed by atoms with van der Waals surface area (Å²) in [5, 5.41) is 26.5. The number of anilines is 3. The molecule has 1 aliphatic carbocycles. The standard InChI is InChI=1S/C27H31N7O5S/c1-27(17-35)7-10-33(11-8-27)21-12-25(29-13-18(21)2-5-23-22(36)16-39-23)31-24-6-9-28-26(32-24)19-14-30-34(15-19)40(37,38)20-3-4-20/h6,9,12-15,20,22-23,35-36H,3-4,7-8,10-11,16-17H2,1H3,(H,28,29,31,32). The summed E-state index contributed by atoms with van der Waals surface area (Å²) in [5.74, 6) is 7.48. The molecule has 0 bridgehead atoms. The number of aliphatic hydroxyl groups excluding tert-OH is 2. The first-order valence-corrected chi connectivity index (χ1v) is 14.8. The number of pyridine rings is 1. The van der Waals surface area contributed by atoms with Crippen molar-refractivity contribution in [2.45, 2.75) is 50.1 Å². The molecule has 0 radical (unpaired) electrons. The molecule has 3 aromatic heterocycles. The van der Waals surface area contributed by atoms with Crippen LogP contribution in [0.3, 0.4) is 0 Å². The van der Waals surface area contributed by atoms with Gasteiger partial charge in [0.15, 0.2) is 5.82 Å². The highest BCUT2D eigenvalue weighted by atomic mass is 32.2. The second kappa shape index (κ2) is 10.4. The van der Waals surface area contributed by atoms with Gasteiger partial charge in [-0.3, -0.25) is 0 Å². The Balaban J connectivity index is 1.25. The summed E-state index contributed by atoms with van der Waals surface area (Å²) in [6.07, 6.45) is 8.05. The predicted molar refractivity (Wildman–Crippen MR) is 147 cm³/mol. The predicted octanol–water partition coefficient (Wildman–Crippen LogP) is 1.53. The summed E-state index contributed by atoms with van der Waals surface area (Å²) in [6, 6.07) is 3.61. The normalized spacial score (nSPS) is 22.2. The van der Waals surface area contributed by atoms with E-state index in [1.165, 1.54) is 12.4 Å². The van der Waals surface area contributed by atoms with E-state index in [1.807, 2.05) is 6.07 Å². The van der Waals surface area contributed by atoms with Gasteiger partial charge in [-0.05, 0) is 37.2 Å². The van der Waals surface area contributed by atoms with Crippen LogP contribution in [0, 0.1) is 17.3 Å². The fourth-order valence-electron chi connectivity index (χ4n) is 4.66. The molecule has 210 valence electrons. The number of aromatic nitrogens is 5. The summed E-state index contributed by atoms with van der Waals surface area (Å²) in [7, 11) is -3.48. The van der Waals surface area contributed by atoms with Gasteiger partial charge in [0.05, 0.1) is 41.1 Å². The van der Waals surface area contributed by atoms with Crippen molar-refractivity contribution in [3.63, 3.8) is 0 Å². The zero-order valence-corrected chi connectivity index (χ0v) is 22.9. The fraction of sp³-hybridized carbons (Fsp3) is 0.481. The van der Waals surface area contributed by atoms with Gasteiger partial charge in [-0.1, -0.05) is 18.8 Å². The minimum Gasteiger partial charge on any atom is -0.396 e. The van der Waals surface area contributed by atoms with Crippen molar-refractivity contribution < 1.29 is 23.4 Å². The van der Waals surface area contributed by atoms with E-state index in [-0.39, 0.29) is 23.9 Å². The van der Waals surface area contributed by atoms with Gasteiger partial charge in [0.2, 0.25) is 0 Å². The second-order valence-electron chi connectivity index (χ2n) is 10.9. The molecule has 0 amide bonds. The topological polar surface area (TPSA) is 156 Å². The van der Waals surface area contributed by atoms with Crippen LogP contribution >= 0.6 is 0 Å². The minimum absolute atomic E-state index is 0.108. The molecule has 0 spiro atoms. The van der Waals surface area contributed by atoms with E-state index in [9.17, 15) is 18.6 Å². The SMILES string of the molecule is CC1(CO)CCN(c2cc(Nc3ccnc(-c4cnn(S(=O)(=O)C5CC5)c4)n3)ncc2C#CC2OCC2O)CC1. The van der Waals surface area contributed by atoms with Gasteiger partial charge in [-0.15, -0.1) is 0 Å². The number of hydrogen-bond acceptors (Lipinski definition) is 11. The number of ether oxygens (including phenoxy) is 1. The maximum Gasteiger partial charge on any atom is 0.256 e. The lowest BCUT2D eigenvalue weighted by molar-refractivity contribution is -0.132. The van der Waals surface area contributed by atoms with Crippen LogP contribution in [0.1, 0.15) is 38.2 Å². The molecule has 5 heterocycles. The van der Waals surface area contributed by atoms with E-state index in [0.29, 0.717) is 41.4 Å². The van der Waals surface area contributed by atoms with Crippen molar-refractivity contribution in [2.75, 3.05) is 36.5 Å². The molecule has 3 fully saturated rings. The van der Waals surface area contributed by atoms with Crippen molar-refractivity contribution in [1.29, 1.82) is 0 Å². The fourth-order valence-corrected chi connectivity index (χ4v) is 6.13. The molecule has 12 nitrogen and oxygen atoms in total. The number of rotatable bonds is 7. The van der Waals surface area contributed by atoms with E-state index >= 15 is 0 Å². The quantitative estimate of drug-likeness (QED) is 0.357. The largest absolute Gasteiger partial charge is 0.396 e. The third-order valence-electron chi connectivity index (χ3n) is 7.66. The first kappa shape index (κ1) is 26.6. The second-order valence-corrected chi connectivity index (χ2v) is 12.9. The molecule has 3 aromatic rings. The lowest BCUT2D eigenvalue weighted by atomic mass is 9.81. The number of nitrogens with one attached hydrogen (secondary N) is 1. The van der Waals surface area contributed by atoms with Gasteiger partial charge in [0.1, 0.15) is 23.8 Å². The monoisotopic (exact) mass is 565 g/mol. The van der Waals surface area contributed by atoms with Crippen molar-refractivity contribution in [2.24, 2.45) is 5.41 Å². The van der Waals surface area contributed by atoms with Crippen LogP contribution in [0.25, 0.3) is 11.4 Å². The zero-order valence-electron chi connectivity index (χ0n) is 22.1. The van der Waals surface area contributed by atoms with E-state index in [2.05, 4.69) is 49.0 Å². The molecule has 40 heavy (non-hydrogen) atoms. The highest BCUT2D eigenvalue weighted by Crippen LogP contribution is 2.35. The summed E-state index contributed by atoms with van der Waals surface area (Å²) >= 11 is 0. The van der Waals surface area contributed by atoms with Crippen molar-refractivity contribution >= 4 is 27.3 Å². The van der Waals surface area contributed by atoms with Crippen LogP contribution in [0.5, 0.6) is 0 Å². The molecule has 2 atom stereocenters. The molecule has 2 saturated heterocycles. The van der Waals surface area contributed by atoms with Gasteiger partial charge in [0, 0.05) is 38.2 Å². The Hall–Kier alpha value is -3.57. The summed E-state index contributed by atoms with van der Waals surface area (Å²) in [6.45, 7) is 4.04. The number of hydrogen-bond donors (Lipinski definition) is 3. The Kier molecular flexibility index (Phi) is 6.95. The van der Waals surface area contributed by atoms with Crippen molar-refractivity contribution in [1.82, 2.24) is 24.1 Å². The molecular weight excluding hydrogens is 534 g/mol. The highest BCUT2D eigenvalue weighted by Gasteiger charge is 2.38. The molecule has 13 heteroatoms. The first-order valence-electron chi connectivity index (χ1n) is 13.3. The van der Waals surface area contributed by atoms with Crippen LogP contribution in [0.15, 0.2) is 36.9 Å². The Morgan fingerprint density at radius 2 is 2.00 bits per heavy atom. The minimum atomic E-state index is -3.48. The van der Waals surface area contributed by atoms with Crippen LogP contribution in [-0.2, 0) is 14.8 Å². The zero-order chi connectivity index (χ0) is 27.9. The Morgan fingerprint density at radius 1 is 1.20 bits per heavy atom. The van der Waals surface area contributed by atoms with Gasteiger partial charge in [0.25, 0.3) is 10.0 Å². The molecule has 1 saturated carbocycles. The Bertz CT molecular complexity index is 1570.